The lowest BCUT2D eigenvalue weighted by molar-refractivity contribution is 0.0379. The Bertz CT molecular complexity index is 464. The van der Waals surface area contributed by atoms with Crippen LogP contribution in [0.5, 0.6) is 0 Å². The number of nitrogens with zero attached hydrogens (tertiary/aromatic N) is 1. The molecule has 0 aromatic carbocycles. The fourth-order valence-electron chi connectivity index (χ4n) is 2.36. The van der Waals surface area contributed by atoms with E-state index >= 15 is 0 Å². The van der Waals surface area contributed by atoms with Crippen molar-refractivity contribution >= 4 is 17.4 Å². The molecule has 1 aromatic heterocycles. The summed E-state index contributed by atoms with van der Waals surface area (Å²) >= 11 is 1.60. The third kappa shape index (κ3) is 4.68. The zero-order valence-electron chi connectivity index (χ0n) is 13.2. The topological polar surface area (TPSA) is 63.2 Å². The van der Waals surface area contributed by atoms with E-state index in [2.05, 4.69) is 22.5 Å². The molecule has 1 amide bonds. The van der Waals surface area contributed by atoms with Gasteiger partial charge >= 0.3 is 6.09 Å². The summed E-state index contributed by atoms with van der Waals surface area (Å²) in [6.45, 7) is 8.47. The maximum absolute atomic E-state index is 12.0. The molecular formula is C15H25N3O2S. The molecule has 0 bridgehead atoms. The Morgan fingerprint density at radius 3 is 2.71 bits per heavy atom. The first kappa shape index (κ1) is 16.2. The molecular weight excluding hydrogens is 286 g/mol. The SMILES string of the molecule is CC(NCC1(NC(=O)OC(C)(C)C)CCC1)c1cscn1. The molecule has 2 N–H and O–H groups in total. The average Bonchev–Trinajstić information content (AvgIpc) is 2.83. The summed E-state index contributed by atoms with van der Waals surface area (Å²) in [5, 5.41) is 8.56. The Balaban J connectivity index is 1.85. The van der Waals surface area contributed by atoms with Gasteiger partial charge in [-0.25, -0.2) is 9.78 Å². The summed E-state index contributed by atoms with van der Waals surface area (Å²) < 4.78 is 5.36. The second kappa shape index (κ2) is 6.32. The van der Waals surface area contributed by atoms with Gasteiger partial charge in [0.05, 0.1) is 16.7 Å². The van der Waals surface area contributed by atoms with Crippen LogP contribution in [-0.4, -0.2) is 28.8 Å². The zero-order valence-corrected chi connectivity index (χ0v) is 14.0. The predicted octanol–water partition coefficient (Wildman–Crippen LogP) is 3.24. The van der Waals surface area contributed by atoms with Gasteiger partial charge in [-0.2, -0.15) is 0 Å². The summed E-state index contributed by atoms with van der Waals surface area (Å²) in [6.07, 6.45) is 2.79. The standard InChI is InChI=1S/C15H25N3O2S/c1-11(12-8-21-10-17-12)16-9-15(6-5-7-15)18-13(19)20-14(2,3)4/h8,10-11,16H,5-7,9H2,1-4H3,(H,18,19). The first-order valence-corrected chi connectivity index (χ1v) is 8.37. The highest BCUT2D eigenvalue weighted by Gasteiger charge is 2.39. The monoisotopic (exact) mass is 311 g/mol. The van der Waals surface area contributed by atoms with Gasteiger partial charge in [0, 0.05) is 18.0 Å². The number of alkyl carbamates (subject to hydrolysis) is 1. The first-order chi connectivity index (χ1) is 9.80. The minimum absolute atomic E-state index is 0.174. The molecule has 0 radical (unpaired) electrons. The van der Waals surface area contributed by atoms with Gasteiger partial charge in [-0.3, -0.25) is 0 Å². The van der Waals surface area contributed by atoms with Crippen molar-refractivity contribution in [1.29, 1.82) is 0 Å². The van der Waals surface area contributed by atoms with E-state index in [0.29, 0.717) is 0 Å². The highest BCUT2D eigenvalue weighted by Crippen LogP contribution is 2.32. The first-order valence-electron chi connectivity index (χ1n) is 7.42. The van der Waals surface area contributed by atoms with Gasteiger partial charge in [0.15, 0.2) is 0 Å². The number of carbonyl (C=O) groups excluding carboxylic acids is 1. The number of amides is 1. The summed E-state index contributed by atoms with van der Waals surface area (Å²) in [5.74, 6) is 0. The highest BCUT2D eigenvalue weighted by molar-refractivity contribution is 7.07. The summed E-state index contributed by atoms with van der Waals surface area (Å²) in [4.78, 5) is 16.3. The molecule has 1 saturated carbocycles. The van der Waals surface area contributed by atoms with E-state index in [4.69, 9.17) is 4.74 Å². The second-order valence-electron chi connectivity index (χ2n) is 6.78. The molecule has 1 fully saturated rings. The molecule has 21 heavy (non-hydrogen) atoms. The van der Waals surface area contributed by atoms with Crippen LogP contribution < -0.4 is 10.6 Å². The highest BCUT2D eigenvalue weighted by atomic mass is 32.1. The van der Waals surface area contributed by atoms with Crippen LogP contribution in [0.15, 0.2) is 10.9 Å². The van der Waals surface area contributed by atoms with Crippen LogP contribution in [0.25, 0.3) is 0 Å². The van der Waals surface area contributed by atoms with Crippen molar-refractivity contribution in [2.75, 3.05) is 6.54 Å². The second-order valence-corrected chi connectivity index (χ2v) is 7.50. The molecule has 5 nitrogen and oxygen atoms in total. The number of hydrogen-bond donors (Lipinski definition) is 2. The van der Waals surface area contributed by atoms with Crippen molar-refractivity contribution in [3.05, 3.63) is 16.6 Å². The molecule has 0 spiro atoms. The van der Waals surface area contributed by atoms with Gasteiger partial charge in [0.2, 0.25) is 0 Å². The van der Waals surface area contributed by atoms with Crippen LogP contribution in [0, 0.1) is 0 Å². The maximum atomic E-state index is 12.0. The van der Waals surface area contributed by atoms with Crippen molar-refractivity contribution in [2.24, 2.45) is 0 Å². The van der Waals surface area contributed by atoms with Crippen molar-refractivity contribution < 1.29 is 9.53 Å². The number of rotatable bonds is 5. The minimum Gasteiger partial charge on any atom is -0.444 e. The van der Waals surface area contributed by atoms with Gasteiger partial charge in [0.25, 0.3) is 0 Å². The van der Waals surface area contributed by atoms with Crippen LogP contribution in [0.3, 0.4) is 0 Å². The van der Waals surface area contributed by atoms with Crippen molar-refractivity contribution in [3.8, 4) is 0 Å². The van der Waals surface area contributed by atoms with Crippen molar-refractivity contribution in [1.82, 2.24) is 15.6 Å². The molecule has 1 aromatic rings. The fraction of sp³-hybridized carbons (Fsp3) is 0.733. The van der Waals surface area contributed by atoms with E-state index < -0.39 is 5.60 Å². The molecule has 1 atom stereocenters. The molecule has 1 unspecified atom stereocenters. The smallest absolute Gasteiger partial charge is 0.408 e. The Morgan fingerprint density at radius 1 is 1.52 bits per heavy atom. The van der Waals surface area contributed by atoms with E-state index in [1.165, 1.54) is 0 Å². The Labute approximate surface area is 130 Å². The number of nitrogens with one attached hydrogen (secondary N) is 2. The van der Waals surface area contributed by atoms with Crippen LogP contribution in [-0.2, 0) is 4.74 Å². The van der Waals surface area contributed by atoms with E-state index in [-0.39, 0.29) is 17.7 Å². The van der Waals surface area contributed by atoms with Crippen LogP contribution in [0.2, 0.25) is 0 Å². The third-order valence-corrected chi connectivity index (χ3v) is 4.32. The van der Waals surface area contributed by atoms with Crippen LogP contribution in [0.1, 0.15) is 58.7 Å². The largest absolute Gasteiger partial charge is 0.444 e. The van der Waals surface area contributed by atoms with Gasteiger partial charge in [0.1, 0.15) is 5.60 Å². The number of ether oxygens (including phenoxy) is 1. The summed E-state index contributed by atoms with van der Waals surface area (Å²) in [5.41, 5.74) is 2.25. The van der Waals surface area contributed by atoms with Gasteiger partial charge < -0.3 is 15.4 Å². The lowest BCUT2D eigenvalue weighted by Crippen LogP contribution is -2.60. The Morgan fingerprint density at radius 2 is 2.24 bits per heavy atom. The molecule has 1 heterocycles. The predicted molar refractivity (Wildman–Crippen MR) is 84.5 cm³/mol. The van der Waals surface area contributed by atoms with Crippen LogP contribution >= 0.6 is 11.3 Å². The van der Waals surface area contributed by atoms with E-state index in [1.54, 1.807) is 11.3 Å². The van der Waals surface area contributed by atoms with E-state index in [0.717, 1.165) is 31.5 Å². The average molecular weight is 311 g/mol. The lowest BCUT2D eigenvalue weighted by atomic mass is 9.76. The number of carbonyl (C=O) groups is 1. The van der Waals surface area contributed by atoms with E-state index in [1.807, 2.05) is 31.7 Å². The Kier molecular flexibility index (Phi) is 4.88. The van der Waals surface area contributed by atoms with Gasteiger partial charge in [-0.1, -0.05) is 0 Å². The normalized spacial score (nSPS) is 18.7. The fourth-order valence-corrected chi connectivity index (χ4v) is 3.01. The summed E-state index contributed by atoms with van der Waals surface area (Å²) in [7, 11) is 0. The van der Waals surface area contributed by atoms with Gasteiger partial charge in [-0.15, -0.1) is 11.3 Å². The molecule has 1 aliphatic rings. The quantitative estimate of drug-likeness (QED) is 0.876. The molecule has 1 aliphatic carbocycles. The van der Waals surface area contributed by atoms with Crippen LogP contribution in [0.4, 0.5) is 4.79 Å². The third-order valence-electron chi connectivity index (χ3n) is 3.72. The number of thiazole rings is 1. The molecule has 6 heteroatoms. The van der Waals surface area contributed by atoms with Crippen molar-refractivity contribution in [2.45, 2.75) is 64.1 Å². The lowest BCUT2D eigenvalue weighted by Gasteiger charge is -2.43. The molecule has 0 aliphatic heterocycles. The Hall–Kier alpha value is -1.14. The maximum Gasteiger partial charge on any atom is 0.408 e. The molecule has 2 rings (SSSR count). The number of hydrogen-bond acceptors (Lipinski definition) is 5. The zero-order chi connectivity index (χ0) is 15.5. The summed E-state index contributed by atoms with van der Waals surface area (Å²) in [6, 6.07) is 0.189. The number of aromatic nitrogens is 1. The minimum atomic E-state index is -0.462. The van der Waals surface area contributed by atoms with Crippen molar-refractivity contribution in [3.63, 3.8) is 0 Å². The molecule has 118 valence electrons. The van der Waals surface area contributed by atoms with E-state index in [9.17, 15) is 4.79 Å². The molecule has 0 saturated heterocycles. The van der Waals surface area contributed by atoms with Gasteiger partial charge in [-0.05, 0) is 47.0 Å².